The maximum Gasteiger partial charge on any atom is 0.302 e. The number of carbonyl (C=O) groups excluding carboxylic acids is 2. The van der Waals surface area contributed by atoms with Gasteiger partial charge in [0, 0.05) is 33.1 Å². The van der Waals surface area contributed by atoms with E-state index < -0.39 is 18.2 Å². The van der Waals surface area contributed by atoms with Crippen LogP contribution in [0.15, 0.2) is 48.8 Å². The van der Waals surface area contributed by atoms with Crippen molar-refractivity contribution in [2.45, 2.75) is 97.7 Å². The fourth-order valence-corrected chi connectivity index (χ4v) is 9.18. The summed E-state index contributed by atoms with van der Waals surface area (Å²) in [5.74, 6) is 2.54. The zero-order valence-electron chi connectivity index (χ0n) is 30.8. The molecule has 0 saturated heterocycles. The molecule has 5 rings (SSSR count). The number of aliphatic hydroxyl groups excluding tert-OH is 1. The van der Waals surface area contributed by atoms with Gasteiger partial charge in [-0.15, -0.1) is 0 Å². The molecule has 2 aliphatic rings. The van der Waals surface area contributed by atoms with Gasteiger partial charge < -0.3 is 35.1 Å². The second-order valence-corrected chi connectivity index (χ2v) is 15.3. The predicted octanol–water partition coefficient (Wildman–Crippen LogP) is 6.75. The Morgan fingerprint density at radius 2 is 1.80 bits per heavy atom. The normalized spacial score (nSPS) is 24.6. The number of pyridine rings is 1. The molecule has 10 heteroatoms. The first kappa shape index (κ1) is 38.2. The Hall–Kier alpha value is -4.05. The number of rotatable bonds is 14. The summed E-state index contributed by atoms with van der Waals surface area (Å²) in [6.07, 6.45) is 9.51. The third-order valence-corrected chi connectivity index (χ3v) is 11.4. The monoisotopic (exact) mass is 702 g/mol. The molecule has 2 saturated carbocycles. The van der Waals surface area contributed by atoms with Crippen molar-refractivity contribution in [3.63, 3.8) is 0 Å². The number of hydrogen-bond donors (Lipinski definition) is 3. The lowest BCUT2D eigenvalue weighted by Gasteiger charge is -2.48. The molecule has 0 spiro atoms. The van der Waals surface area contributed by atoms with Gasteiger partial charge in [0.1, 0.15) is 18.0 Å². The van der Waals surface area contributed by atoms with Crippen LogP contribution in [0.1, 0.15) is 83.9 Å². The first-order valence-corrected chi connectivity index (χ1v) is 18.6. The number of nitrogens with two attached hydrogens (primary N) is 1. The Morgan fingerprint density at radius 3 is 2.45 bits per heavy atom. The number of ether oxygens (including phenoxy) is 3. The molecule has 2 aromatic heterocycles. The van der Waals surface area contributed by atoms with Crippen LogP contribution in [-0.4, -0.2) is 53.1 Å². The van der Waals surface area contributed by atoms with E-state index in [0.29, 0.717) is 60.4 Å². The maximum atomic E-state index is 12.7. The third kappa shape index (κ3) is 10.1. The van der Waals surface area contributed by atoms with Gasteiger partial charge in [-0.1, -0.05) is 26.0 Å². The van der Waals surface area contributed by atoms with Gasteiger partial charge in [-0.05, 0) is 134 Å². The minimum atomic E-state index is -0.540. The molecule has 3 aromatic rings. The maximum absolute atomic E-state index is 12.7. The number of anilines is 1. The van der Waals surface area contributed by atoms with Crippen LogP contribution in [0.25, 0.3) is 11.1 Å². The van der Waals surface area contributed by atoms with Crippen LogP contribution in [0.2, 0.25) is 0 Å². The molecular weight excluding hydrogens is 646 g/mol. The highest BCUT2D eigenvalue weighted by molar-refractivity contribution is 5.72. The lowest BCUT2D eigenvalue weighted by atomic mass is 9.58. The van der Waals surface area contributed by atoms with Crippen LogP contribution in [0, 0.1) is 41.4 Å². The smallest absolute Gasteiger partial charge is 0.302 e. The summed E-state index contributed by atoms with van der Waals surface area (Å²) in [4.78, 5) is 33.8. The lowest BCUT2D eigenvalue weighted by Crippen LogP contribution is -2.42. The number of phenolic OH excluding ortho intramolecular Hbond substituents is 1. The van der Waals surface area contributed by atoms with Crippen LogP contribution in [0.4, 0.5) is 5.82 Å². The first-order chi connectivity index (χ1) is 24.4. The zero-order chi connectivity index (χ0) is 36.7. The number of aryl methyl sites for hydroxylation is 1. The molecule has 2 fully saturated rings. The van der Waals surface area contributed by atoms with Crippen LogP contribution in [0.3, 0.4) is 0 Å². The number of aromatic hydroxyl groups is 1. The van der Waals surface area contributed by atoms with Crippen molar-refractivity contribution < 1.29 is 34.0 Å². The van der Waals surface area contributed by atoms with E-state index in [1.165, 1.54) is 21.0 Å². The van der Waals surface area contributed by atoms with Crippen molar-refractivity contribution in [3.8, 4) is 22.6 Å². The summed E-state index contributed by atoms with van der Waals surface area (Å²) in [6, 6.07) is 11.2. The largest absolute Gasteiger partial charge is 0.668 e. The topological polar surface area (TPSA) is 155 Å². The molecule has 278 valence electrons. The number of methoxy groups -OCH3 is 1. The standard InChI is InChI=1S/C41H56N3O7/c1-24(2)36-18-31(17-34-7-6-11-43-34)30-13-27(23-45)14-33(16-32(36)15-30)39(51-26(4)47)21-35(50-25(3)46)9-8-28-19-40(49-5)38(48)22-37(28)29-10-12-44-41(42)20-29/h6-7,10-12,19-20,22,24,27,30-33,35-36,39,45,48H,8-9,13-18,21,23H2,1-5H3,(H2,42,44)/q-1/t27-,30+,31+,32-,33-,35-,36-,39-/m1/s1. The van der Waals surface area contributed by atoms with Gasteiger partial charge in [0.05, 0.1) is 7.11 Å². The van der Waals surface area contributed by atoms with Gasteiger partial charge in [0.2, 0.25) is 0 Å². The summed E-state index contributed by atoms with van der Waals surface area (Å²) < 4.78 is 17.5. The fourth-order valence-electron chi connectivity index (χ4n) is 9.18. The summed E-state index contributed by atoms with van der Waals surface area (Å²) in [7, 11) is 1.50. The van der Waals surface area contributed by atoms with E-state index in [9.17, 15) is 19.8 Å². The van der Waals surface area contributed by atoms with Gasteiger partial charge in [-0.25, -0.2) is 4.98 Å². The highest BCUT2D eigenvalue weighted by Crippen LogP contribution is 2.50. The van der Waals surface area contributed by atoms with Crippen molar-refractivity contribution in [2.75, 3.05) is 19.5 Å². The number of hydrogen-bond acceptors (Lipinski definition) is 9. The van der Waals surface area contributed by atoms with E-state index in [1.807, 2.05) is 18.3 Å². The number of phenols is 1. The molecule has 4 N–H and O–H groups in total. The number of aliphatic hydroxyl groups is 1. The van der Waals surface area contributed by atoms with Crippen LogP contribution in [0.5, 0.6) is 11.5 Å². The molecule has 2 bridgehead atoms. The van der Waals surface area contributed by atoms with Crippen molar-refractivity contribution in [2.24, 2.45) is 41.4 Å². The van der Waals surface area contributed by atoms with Crippen molar-refractivity contribution in [3.05, 3.63) is 60.0 Å². The minimum absolute atomic E-state index is 0.000539. The van der Waals surface area contributed by atoms with Gasteiger partial charge in [0.25, 0.3) is 0 Å². The SMILES string of the molecule is COc1cc(CC[C@H](C[C@@H](OC(C)=O)[C@@H]2C[C@H](CO)C[C@H]3C[C@H](C2)[C@@H](C(C)C)C[C@@H]3Cc2ccc[n-]2)OC(C)=O)c(-c2ccnc(N)c2)cc1O. The van der Waals surface area contributed by atoms with E-state index in [1.54, 1.807) is 24.4 Å². The van der Waals surface area contributed by atoms with Gasteiger partial charge >= 0.3 is 11.9 Å². The average molecular weight is 703 g/mol. The second-order valence-electron chi connectivity index (χ2n) is 15.3. The molecular formula is C41H56N3O7-. The zero-order valence-corrected chi connectivity index (χ0v) is 30.8. The fraction of sp³-hybridized carbons (Fsp3) is 0.585. The van der Waals surface area contributed by atoms with E-state index in [-0.39, 0.29) is 30.2 Å². The molecule has 10 nitrogen and oxygen atoms in total. The summed E-state index contributed by atoms with van der Waals surface area (Å²) >= 11 is 0. The Morgan fingerprint density at radius 1 is 1.02 bits per heavy atom. The summed E-state index contributed by atoms with van der Waals surface area (Å²) in [5, 5.41) is 21.3. The van der Waals surface area contributed by atoms with E-state index in [0.717, 1.165) is 60.9 Å². The Labute approximate surface area is 302 Å². The Kier molecular flexibility index (Phi) is 13.1. The molecule has 0 unspecified atom stereocenters. The molecule has 2 heterocycles. The molecule has 0 aliphatic heterocycles. The van der Waals surface area contributed by atoms with Gasteiger partial charge in [0.15, 0.2) is 11.5 Å². The van der Waals surface area contributed by atoms with Crippen LogP contribution < -0.4 is 15.5 Å². The lowest BCUT2D eigenvalue weighted by molar-refractivity contribution is -0.157. The number of aromatic nitrogens is 2. The number of nitrogen functional groups attached to an aromatic ring is 1. The molecule has 8 atom stereocenters. The highest BCUT2D eigenvalue weighted by Gasteiger charge is 2.44. The quantitative estimate of drug-likeness (QED) is 0.154. The second kappa shape index (κ2) is 17.4. The summed E-state index contributed by atoms with van der Waals surface area (Å²) in [6.45, 7) is 7.56. The Balaban J connectivity index is 1.40. The highest BCUT2D eigenvalue weighted by atomic mass is 16.6. The average Bonchev–Trinajstić information content (AvgIpc) is 3.59. The Bertz CT molecular complexity index is 1590. The van der Waals surface area contributed by atoms with Crippen LogP contribution >= 0.6 is 0 Å². The van der Waals surface area contributed by atoms with Crippen molar-refractivity contribution >= 4 is 17.8 Å². The van der Waals surface area contributed by atoms with E-state index in [2.05, 4.69) is 29.9 Å². The number of nitrogens with zero attached hydrogens (tertiary/aromatic N) is 2. The number of esters is 2. The van der Waals surface area contributed by atoms with Crippen molar-refractivity contribution in [1.82, 2.24) is 9.97 Å². The van der Waals surface area contributed by atoms with E-state index >= 15 is 0 Å². The third-order valence-electron chi connectivity index (χ3n) is 11.4. The molecule has 0 amide bonds. The molecule has 51 heavy (non-hydrogen) atoms. The van der Waals surface area contributed by atoms with Gasteiger partial charge in [-0.2, -0.15) is 11.9 Å². The number of fused-ring (bicyclic) bond motifs is 2. The van der Waals surface area contributed by atoms with Gasteiger partial charge in [-0.3, -0.25) is 9.59 Å². The molecule has 0 radical (unpaired) electrons. The van der Waals surface area contributed by atoms with E-state index in [4.69, 9.17) is 19.9 Å². The molecule has 1 aromatic carbocycles. The number of carbonyl (C=O) groups is 2. The summed E-state index contributed by atoms with van der Waals surface area (Å²) in [5.41, 5.74) is 9.58. The minimum Gasteiger partial charge on any atom is -0.668 e. The van der Waals surface area contributed by atoms with Crippen molar-refractivity contribution in [1.29, 1.82) is 0 Å². The molecule has 2 aliphatic carbocycles. The first-order valence-electron chi connectivity index (χ1n) is 18.6. The number of benzene rings is 1. The predicted molar refractivity (Wildman–Crippen MR) is 196 cm³/mol. The van der Waals surface area contributed by atoms with Crippen LogP contribution in [-0.2, 0) is 31.9 Å².